The van der Waals surface area contributed by atoms with Gasteiger partial charge in [0.25, 0.3) is 0 Å². The smallest absolute Gasteiger partial charge is 0.200 e. The molecule has 60 heavy (non-hydrogen) atoms. The first-order valence-electron chi connectivity index (χ1n) is 20.5. The molecule has 4 nitrogen and oxygen atoms in total. The van der Waals surface area contributed by atoms with Crippen LogP contribution in [-0.2, 0) is 0 Å². The van der Waals surface area contributed by atoms with Gasteiger partial charge in [-0.25, -0.2) is 0 Å². The van der Waals surface area contributed by atoms with Crippen molar-refractivity contribution in [2.75, 3.05) is 0 Å². The van der Waals surface area contributed by atoms with Crippen molar-refractivity contribution in [3.63, 3.8) is 0 Å². The van der Waals surface area contributed by atoms with E-state index in [1.165, 1.54) is 33.0 Å². The minimum absolute atomic E-state index is 0.307. The van der Waals surface area contributed by atoms with Crippen LogP contribution in [0.4, 0.5) is 0 Å². The Bertz CT molecular complexity index is 3400. The predicted molar refractivity (Wildman–Crippen MR) is 256 cm³/mol. The number of rotatable bonds is 5. The molecule has 1 aliphatic rings. The lowest BCUT2D eigenvalue weighted by Crippen LogP contribution is -2.28. The third kappa shape index (κ3) is 5.48. The molecule has 0 bridgehead atoms. The molecular formula is C54H38B2O4. The Kier molecular flexibility index (Phi) is 8.25. The summed E-state index contributed by atoms with van der Waals surface area (Å²) >= 11 is 0. The maximum Gasteiger partial charge on any atom is 0.200 e. The van der Waals surface area contributed by atoms with E-state index < -0.39 is 5.75 Å². The molecule has 3 N–H and O–H groups in total. The zero-order chi connectivity index (χ0) is 40.6. The molecule has 284 valence electrons. The zero-order valence-corrected chi connectivity index (χ0v) is 33.3. The van der Waals surface area contributed by atoms with E-state index in [9.17, 15) is 15.3 Å². The van der Waals surface area contributed by atoms with E-state index >= 15 is 0 Å². The Labute approximate surface area is 348 Å². The molecule has 1 heterocycles. The van der Waals surface area contributed by atoms with Gasteiger partial charge in [0.15, 0.2) is 17.2 Å². The van der Waals surface area contributed by atoms with Crippen molar-refractivity contribution in [2.45, 2.75) is 12.8 Å². The van der Waals surface area contributed by atoms with E-state index in [1.807, 2.05) is 38.2 Å². The molecule has 1 aromatic heterocycles. The van der Waals surface area contributed by atoms with Crippen LogP contribution in [-0.4, -0.2) is 31.0 Å². The highest BCUT2D eigenvalue weighted by atomic mass is 16.3. The molecule has 11 rings (SSSR count). The summed E-state index contributed by atoms with van der Waals surface area (Å²) in [5.41, 5.74) is 13.6. The number of aromatic hydroxyl groups is 3. The first-order chi connectivity index (χ1) is 29.4. The third-order valence-electron chi connectivity index (χ3n) is 12.7. The second-order valence-corrected chi connectivity index (χ2v) is 16.0. The Balaban J connectivity index is 1.07. The molecular weight excluding hydrogens is 734 g/mol. The second kappa shape index (κ2) is 13.9. The summed E-state index contributed by atoms with van der Waals surface area (Å²) in [7, 11) is 3.63. The van der Waals surface area contributed by atoms with Gasteiger partial charge in [-0.2, -0.15) is 0 Å². The van der Waals surface area contributed by atoms with Gasteiger partial charge in [0.2, 0.25) is 0 Å². The van der Waals surface area contributed by atoms with Crippen molar-refractivity contribution in [2.24, 2.45) is 0 Å². The molecule has 0 saturated heterocycles. The first-order valence-corrected chi connectivity index (χ1v) is 20.5. The molecule has 0 fully saturated rings. The minimum atomic E-state index is -0.514. The lowest BCUT2D eigenvalue weighted by molar-refractivity contribution is 0.371. The number of phenolic OH excluding ortho intramolecular Hbond substituents is 3. The molecule has 0 radical (unpaired) electrons. The SMILES string of the molecule is Bc1c(B)c(-c2c3ccccc3c(-c3cccc4oc5ccc(-c6ccc(C7=C(c8ccc9ccccc9c8)C=CCC7)cc6)cc5c34)c3ccccc23)c(O)c(O)c1O. The number of allylic oxidation sites excluding steroid dienone is 4. The van der Waals surface area contributed by atoms with Crippen molar-refractivity contribution < 1.29 is 19.7 Å². The van der Waals surface area contributed by atoms with E-state index in [1.54, 1.807) is 7.85 Å². The van der Waals surface area contributed by atoms with Crippen LogP contribution in [0.5, 0.6) is 17.2 Å². The molecule has 0 aliphatic heterocycles. The topological polar surface area (TPSA) is 73.8 Å². The van der Waals surface area contributed by atoms with Crippen LogP contribution in [0.3, 0.4) is 0 Å². The fourth-order valence-electron chi connectivity index (χ4n) is 9.61. The van der Waals surface area contributed by atoms with Crippen LogP contribution in [0.25, 0.3) is 98.8 Å². The van der Waals surface area contributed by atoms with Gasteiger partial charge < -0.3 is 19.7 Å². The number of benzene rings is 9. The summed E-state index contributed by atoms with van der Waals surface area (Å²) in [5.74, 6) is -1.16. The Morgan fingerprint density at radius 1 is 0.450 bits per heavy atom. The Morgan fingerprint density at radius 2 is 1.08 bits per heavy atom. The van der Waals surface area contributed by atoms with E-state index in [4.69, 9.17) is 4.42 Å². The first kappa shape index (κ1) is 35.7. The summed E-state index contributed by atoms with van der Waals surface area (Å²) < 4.78 is 6.57. The molecule has 1 aliphatic carbocycles. The maximum atomic E-state index is 11.4. The average molecular weight is 773 g/mol. The van der Waals surface area contributed by atoms with E-state index in [0.717, 1.165) is 84.1 Å². The van der Waals surface area contributed by atoms with E-state index in [0.29, 0.717) is 16.5 Å². The van der Waals surface area contributed by atoms with Crippen LogP contribution in [0.15, 0.2) is 168 Å². The number of fused-ring (bicyclic) bond motifs is 6. The second-order valence-electron chi connectivity index (χ2n) is 16.0. The molecule has 10 aromatic rings. The number of phenols is 3. The van der Waals surface area contributed by atoms with Crippen LogP contribution >= 0.6 is 0 Å². The monoisotopic (exact) mass is 772 g/mol. The van der Waals surface area contributed by atoms with Gasteiger partial charge in [-0.1, -0.05) is 145 Å². The van der Waals surface area contributed by atoms with Gasteiger partial charge in [-0.15, -0.1) is 0 Å². The molecule has 0 spiro atoms. The molecule has 9 aromatic carbocycles. The highest BCUT2D eigenvalue weighted by Crippen LogP contribution is 2.50. The fourth-order valence-corrected chi connectivity index (χ4v) is 9.61. The van der Waals surface area contributed by atoms with Crippen LogP contribution in [0.2, 0.25) is 0 Å². The van der Waals surface area contributed by atoms with Crippen LogP contribution in [0, 0.1) is 0 Å². The normalized spacial score (nSPS) is 13.1. The highest BCUT2D eigenvalue weighted by molar-refractivity contribution is 6.53. The summed E-state index contributed by atoms with van der Waals surface area (Å²) in [6.45, 7) is 0. The van der Waals surface area contributed by atoms with Gasteiger partial charge in [0, 0.05) is 21.9 Å². The minimum Gasteiger partial charge on any atom is -0.505 e. The van der Waals surface area contributed by atoms with E-state index in [2.05, 4.69) is 133 Å². The van der Waals surface area contributed by atoms with Crippen molar-refractivity contribution in [3.05, 3.63) is 175 Å². The van der Waals surface area contributed by atoms with Gasteiger partial charge in [-0.05, 0) is 119 Å². The fraction of sp³-hybridized carbons (Fsp3) is 0.0370. The number of hydrogen-bond acceptors (Lipinski definition) is 4. The molecule has 0 unspecified atom stereocenters. The highest BCUT2D eigenvalue weighted by Gasteiger charge is 2.26. The van der Waals surface area contributed by atoms with E-state index in [-0.39, 0.29) is 11.5 Å². The van der Waals surface area contributed by atoms with Gasteiger partial charge in [0.1, 0.15) is 26.9 Å². The van der Waals surface area contributed by atoms with Gasteiger partial charge >= 0.3 is 0 Å². The zero-order valence-electron chi connectivity index (χ0n) is 33.3. The summed E-state index contributed by atoms with van der Waals surface area (Å²) in [5, 5.41) is 41.4. The Morgan fingerprint density at radius 3 is 1.82 bits per heavy atom. The molecule has 0 atom stereocenters. The number of hydrogen-bond donors (Lipinski definition) is 3. The summed E-state index contributed by atoms with van der Waals surface area (Å²) in [6.07, 6.45) is 6.59. The predicted octanol–water partition coefficient (Wildman–Crippen LogP) is 10.9. The number of furan rings is 1. The van der Waals surface area contributed by atoms with Crippen LogP contribution < -0.4 is 10.9 Å². The lowest BCUT2D eigenvalue weighted by atomic mass is 9.73. The van der Waals surface area contributed by atoms with Crippen molar-refractivity contribution >= 4 is 92.0 Å². The Hall–Kier alpha value is -7.43. The summed E-state index contributed by atoms with van der Waals surface area (Å²) in [4.78, 5) is 0. The standard InChI is InChI=1S/C54H38B2O4/c55-50-49(52(57)54(59)53(58)51(50)56)48-40-16-7-5-14-38(40)46(39-15-6-8-17-41(39)48)42-18-9-19-45-47(42)43-29-34(26-27-44(43)60-45)31-20-23-32(24-21-31)36-12-3-4-13-37(36)35-25-22-30-10-1-2-11-33(30)28-35/h1-2,4-11,13-29,57-59H,3,12,55-56H2. The van der Waals surface area contributed by atoms with Crippen LogP contribution in [0.1, 0.15) is 24.0 Å². The van der Waals surface area contributed by atoms with Crippen molar-refractivity contribution in [1.29, 1.82) is 0 Å². The largest absolute Gasteiger partial charge is 0.505 e. The van der Waals surface area contributed by atoms with Gasteiger partial charge in [0.05, 0.1) is 0 Å². The third-order valence-corrected chi connectivity index (χ3v) is 12.7. The molecule has 0 saturated carbocycles. The quantitative estimate of drug-likeness (QED) is 0.0925. The molecule has 6 heteroatoms. The van der Waals surface area contributed by atoms with Crippen molar-refractivity contribution in [3.8, 4) is 50.6 Å². The van der Waals surface area contributed by atoms with Crippen molar-refractivity contribution in [1.82, 2.24) is 0 Å². The summed E-state index contributed by atoms with van der Waals surface area (Å²) in [6, 6.07) is 53.5. The lowest BCUT2D eigenvalue weighted by Gasteiger charge is -2.21. The average Bonchev–Trinajstić information content (AvgIpc) is 3.68. The van der Waals surface area contributed by atoms with Gasteiger partial charge in [-0.3, -0.25) is 0 Å². The molecule has 0 amide bonds. The maximum absolute atomic E-state index is 11.4.